The minimum atomic E-state index is -4.48. The molecule has 8 nitrogen and oxygen atoms in total. The average molecular weight is 548 g/mol. The highest BCUT2D eigenvalue weighted by molar-refractivity contribution is 5.84. The quantitative estimate of drug-likeness (QED) is 0.406. The SMILES string of the molecule is CC(C)(CN1CCCC1)n1cnc(N)c1C(F)(F)F.CCCC(NC(=O)Cc1cc(F)cc(F)c1)C(=O)O. The molecular weight excluding hydrogens is 513 g/mol. The molecular formula is C25H34F5N5O3. The molecule has 4 N–H and O–H groups in total. The fraction of sp³-hybridized carbons (Fsp3) is 0.560. The molecule has 1 aliphatic rings. The third-order valence-electron chi connectivity index (χ3n) is 6.02. The Morgan fingerprint density at radius 1 is 1.13 bits per heavy atom. The van der Waals surface area contributed by atoms with Crippen LogP contribution in [0.4, 0.5) is 27.8 Å². The van der Waals surface area contributed by atoms with Gasteiger partial charge in [-0.25, -0.2) is 18.6 Å². The Morgan fingerprint density at radius 2 is 1.71 bits per heavy atom. The summed E-state index contributed by atoms with van der Waals surface area (Å²) in [7, 11) is 0. The molecule has 1 atom stereocenters. The van der Waals surface area contributed by atoms with E-state index in [-0.39, 0.29) is 12.0 Å². The fourth-order valence-electron chi connectivity index (χ4n) is 4.36. The Kier molecular flexibility index (Phi) is 10.6. The van der Waals surface area contributed by atoms with E-state index in [0.29, 0.717) is 25.5 Å². The Morgan fingerprint density at radius 3 is 2.21 bits per heavy atom. The molecule has 0 saturated carbocycles. The van der Waals surface area contributed by atoms with Gasteiger partial charge in [-0.3, -0.25) is 4.79 Å². The molecule has 2 aromatic rings. The lowest BCUT2D eigenvalue weighted by Crippen LogP contribution is -2.41. The maximum Gasteiger partial charge on any atom is 0.435 e. The largest absolute Gasteiger partial charge is 0.480 e. The number of aromatic nitrogens is 2. The summed E-state index contributed by atoms with van der Waals surface area (Å²) in [4.78, 5) is 28.3. The second-order valence-corrected chi connectivity index (χ2v) is 9.84. The van der Waals surface area contributed by atoms with Crippen molar-refractivity contribution in [2.45, 2.75) is 70.6 Å². The molecule has 0 spiro atoms. The lowest BCUT2D eigenvalue weighted by Gasteiger charge is -2.33. The van der Waals surface area contributed by atoms with Crippen LogP contribution in [0.2, 0.25) is 0 Å². The standard InChI is InChI=1S/C13H15F2NO3.C12H19F3N4/c1-2-3-11(13(18)19)16-12(17)6-8-4-9(14)7-10(15)5-8;1-11(2,7-18-5-3-4-6-18)19-8-17-10(16)9(19)12(13,14)15/h4-5,7,11H,2-3,6H2,1H3,(H,16,17)(H,18,19);8H,3-7,16H2,1-2H3. The molecule has 0 aliphatic carbocycles. The van der Waals surface area contributed by atoms with Crippen LogP contribution in [0.25, 0.3) is 0 Å². The normalized spacial score (nSPS) is 15.1. The molecule has 1 unspecified atom stereocenters. The van der Waals surface area contributed by atoms with Gasteiger partial charge in [0.25, 0.3) is 0 Å². The summed E-state index contributed by atoms with van der Waals surface area (Å²) in [6.45, 7) is 7.79. The second-order valence-electron chi connectivity index (χ2n) is 9.84. The Hall–Kier alpha value is -3.22. The van der Waals surface area contributed by atoms with Gasteiger partial charge >= 0.3 is 12.1 Å². The van der Waals surface area contributed by atoms with Crippen LogP contribution in [0.1, 0.15) is 57.7 Å². The number of alkyl halides is 3. The fourth-order valence-corrected chi connectivity index (χ4v) is 4.36. The van der Waals surface area contributed by atoms with E-state index in [1.807, 2.05) is 0 Å². The molecule has 1 aromatic heterocycles. The van der Waals surface area contributed by atoms with E-state index < -0.39 is 52.8 Å². The van der Waals surface area contributed by atoms with E-state index in [1.54, 1.807) is 20.8 Å². The number of amides is 1. The smallest absolute Gasteiger partial charge is 0.435 e. The first-order valence-corrected chi connectivity index (χ1v) is 12.2. The van der Waals surface area contributed by atoms with Gasteiger partial charge in [0, 0.05) is 12.6 Å². The number of imidazole rings is 1. The zero-order valence-electron chi connectivity index (χ0n) is 21.6. The van der Waals surface area contributed by atoms with Crippen LogP contribution in [-0.2, 0) is 27.7 Å². The summed E-state index contributed by atoms with van der Waals surface area (Å²) >= 11 is 0. The first kappa shape index (κ1) is 31.0. The number of carboxylic acid groups (broad SMARTS) is 1. The average Bonchev–Trinajstić information content (AvgIpc) is 3.42. The number of aliphatic carboxylic acids is 1. The number of nitrogen functional groups attached to an aromatic ring is 1. The zero-order chi connectivity index (χ0) is 28.7. The number of carboxylic acids is 1. The molecule has 1 aliphatic heterocycles. The van der Waals surface area contributed by atoms with Crippen molar-refractivity contribution >= 4 is 17.7 Å². The molecule has 212 valence electrons. The van der Waals surface area contributed by atoms with Gasteiger partial charge in [-0.1, -0.05) is 13.3 Å². The number of rotatable bonds is 9. The maximum absolute atomic E-state index is 13.0. The molecule has 1 amide bonds. The predicted octanol–water partition coefficient (Wildman–Crippen LogP) is 4.19. The molecule has 38 heavy (non-hydrogen) atoms. The number of anilines is 1. The maximum atomic E-state index is 13.0. The lowest BCUT2D eigenvalue weighted by molar-refractivity contribution is -0.145. The molecule has 3 rings (SSSR count). The van der Waals surface area contributed by atoms with Gasteiger partial charge in [-0.15, -0.1) is 0 Å². The lowest BCUT2D eigenvalue weighted by atomic mass is 10.0. The highest BCUT2D eigenvalue weighted by Crippen LogP contribution is 2.36. The minimum Gasteiger partial charge on any atom is -0.480 e. The molecule has 1 saturated heterocycles. The molecule has 0 bridgehead atoms. The third-order valence-corrected chi connectivity index (χ3v) is 6.02. The number of nitrogens with zero attached hydrogens (tertiary/aromatic N) is 3. The van der Waals surface area contributed by atoms with Crippen molar-refractivity contribution in [3.63, 3.8) is 0 Å². The van der Waals surface area contributed by atoms with E-state index in [1.165, 1.54) is 6.33 Å². The van der Waals surface area contributed by atoms with E-state index in [4.69, 9.17) is 10.8 Å². The van der Waals surface area contributed by atoms with Gasteiger partial charge in [-0.2, -0.15) is 13.2 Å². The van der Waals surface area contributed by atoms with E-state index in [2.05, 4.69) is 15.2 Å². The summed E-state index contributed by atoms with van der Waals surface area (Å²) < 4.78 is 66.1. The van der Waals surface area contributed by atoms with Crippen LogP contribution in [0.5, 0.6) is 0 Å². The first-order chi connectivity index (χ1) is 17.6. The molecule has 1 fully saturated rings. The zero-order valence-corrected chi connectivity index (χ0v) is 21.6. The number of benzene rings is 1. The van der Waals surface area contributed by atoms with Gasteiger partial charge < -0.3 is 25.6 Å². The van der Waals surface area contributed by atoms with E-state index in [9.17, 15) is 31.5 Å². The molecule has 1 aromatic carbocycles. The number of hydrogen-bond acceptors (Lipinski definition) is 5. The van der Waals surface area contributed by atoms with Crippen molar-refractivity contribution in [2.75, 3.05) is 25.4 Å². The molecule has 13 heteroatoms. The van der Waals surface area contributed by atoms with E-state index >= 15 is 0 Å². The number of carbonyl (C=O) groups excluding carboxylic acids is 1. The number of hydrogen-bond donors (Lipinski definition) is 3. The van der Waals surface area contributed by atoms with Crippen LogP contribution in [-0.4, -0.2) is 57.1 Å². The summed E-state index contributed by atoms with van der Waals surface area (Å²) in [5.74, 6) is -3.70. The predicted molar refractivity (Wildman–Crippen MR) is 131 cm³/mol. The summed E-state index contributed by atoms with van der Waals surface area (Å²) in [5.41, 5.74) is 3.98. The third kappa shape index (κ3) is 8.96. The Labute approximate surface area is 218 Å². The monoisotopic (exact) mass is 547 g/mol. The molecule has 0 radical (unpaired) electrons. The van der Waals surface area contributed by atoms with Crippen molar-refractivity contribution in [1.82, 2.24) is 19.8 Å². The van der Waals surface area contributed by atoms with Crippen molar-refractivity contribution < 1.29 is 36.6 Å². The number of nitrogens with two attached hydrogens (primary N) is 1. The second kappa shape index (κ2) is 13.0. The van der Waals surface area contributed by atoms with Crippen LogP contribution in [0.3, 0.4) is 0 Å². The van der Waals surface area contributed by atoms with Crippen LogP contribution in [0.15, 0.2) is 24.5 Å². The van der Waals surface area contributed by atoms with Crippen LogP contribution >= 0.6 is 0 Å². The number of carbonyl (C=O) groups is 2. The first-order valence-electron chi connectivity index (χ1n) is 12.2. The van der Waals surface area contributed by atoms with Gasteiger partial charge in [0.2, 0.25) is 5.91 Å². The minimum absolute atomic E-state index is 0.163. The van der Waals surface area contributed by atoms with Gasteiger partial charge in [-0.05, 0) is 63.9 Å². The van der Waals surface area contributed by atoms with Crippen molar-refractivity contribution in [2.24, 2.45) is 0 Å². The summed E-state index contributed by atoms with van der Waals surface area (Å²) in [5, 5.41) is 11.2. The highest BCUT2D eigenvalue weighted by atomic mass is 19.4. The van der Waals surface area contributed by atoms with Crippen molar-refractivity contribution in [3.8, 4) is 0 Å². The number of halogens is 5. The van der Waals surface area contributed by atoms with Crippen molar-refractivity contribution in [3.05, 3.63) is 47.4 Å². The van der Waals surface area contributed by atoms with Gasteiger partial charge in [0.05, 0.1) is 18.3 Å². The number of nitrogens with one attached hydrogen (secondary N) is 1. The summed E-state index contributed by atoms with van der Waals surface area (Å²) in [6, 6.07) is 1.81. The Balaban J connectivity index is 0.000000267. The Bertz CT molecular complexity index is 1080. The topological polar surface area (TPSA) is 113 Å². The highest BCUT2D eigenvalue weighted by Gasteiger charge is 2.41. The number of likely N-dealkylation sites (tertiary alicyclic amines) is 1. The molecule has 2 heterocycles. The van der Waals surface area contributed by atoms with Gasteiger partial charge in [0.15, 0.2) is 11.5 Å². The van der Waals surface area contributed by atoms with Crippen LogP contribution in [0, 0.1) is 11.6 Å². The van der Waals surface area contributed by atoms with Crippen LogP contribution < -0.4 is 11.1 Å². The van der Waals surface area contributed by atoms with Crippen molar-refractivity contribution in [1.29, 1.82) is 0 Å². The van der Waals surface area contributed by atoms with E-state index in [0.717, 1.165) is 42.6 Å². The summed E-state index contributed by atoms with van der Waals surface area (Å²) in [6.07, 6.45) is -0.438. The van der Waals surface area contributed by atoms with Gasteiger partial charge in [0.1, 0.15) is 17.7 Å².